The van der Waals surface area contributed by atoms with Gasteiger partial charge >= 0.3 is 0 Å². The number of benzene rings is 1. The Kier molecular flexibility index (Phi) is 5.60. The van der Waals surface area contributed by atoms with Crippen LogP contribution in [-0.4, -0.2) is 26.4 Å². The molecule has 31 heavy (non-hydrogen) atoms. The van der Waals surface area contributed by atoms with Crippen molar-refractivity contribution in [3.63, 3.8) is 0 Å². The van der Waals surface area contributed by atoms with Gasteiger partial charge in [-0.25, -0.2) is 13.1 Å². The summed E-state index contributed by atoms with van der Waals surface area (Å²) in [5.41, 5.74) is 0.339. The van der Waals surface area contributed by atoms with E-state index in [1.165, 1.54) is 50.7 Å². The molecule has 0 spiro atoms. The number of halogens is 2. The van der Waals surface area contributed by atoms with Gasteiger partial charge in [0.15, 0.2) is 0 Å². The van der Waals surface area contributed by atoms with Gasteiger partial charge in [-0.3, -0.25) is 4.79 Å². The lowest BCUT2D eigenvalue weighted by molar-refractivity contribution is -0.0727. The van der Waals surface area contributed by atoms with Crippen LogP contribution in [0.4, 0.5) is 0 Å². The molecule has 0 aliphatic heterocycles. The third-order valence-electron chi connectivity index (χ3n) is 7.99. The SMILES string of the molecule is CC[C@@H](NC(=O)c1cc(S(=O)(=O)NC2CC2)c(Cl)cc1Cl)C12CC3CC(CC(C3)C1)C2. The van der Waals surface area contributed by atoms with Gasteiger partial charge in [-0.2, -0.15) is 0 Å². The lowest BCUT2D eigenvalue weighted by Gasteiger charge is -2.59. The summed E-state index contributed by atoms with van der Waals surface area (Å²) in [5, 5.41) is 3.46. The van der Waals surface area contributed by atoms with E-state index < -0.39 is 10.0 Å². The Bertz CT molecular complexity index is 971. The predicted molar refractivity (Wildman–Crippen MR) is 122 cm³/mol. The van der Waals surface area contributed by atoms with Crippen LogP contribution in [0.5, 0.6) is 0 Å². The number of carbonyl (C=O) groups is 1. The highest BCUT2D eigenvalue weighted by molar-refractivity contribution is 7.89. The fourth-order valence-corrected chi connectivity index (χ4v) is 9.09. The van der Waals surface area contributed by atoms with Crippen LogP contribution in [0.3, 0.4) is 0 Å². The van der Waals surface area contributed by atoms with Gasteiger partial charge in [-0.15, -0.1) is 0 Å². The summed E-state index contributed by atoms with van der Waals surface area (Å²) >= 11 is 12.6. The molecule has 0 radical (unpaired) electrons. The first-order chi connectivity index (χ1) is 14.7. The number of hydrogen-bond acceptors (Lipinski definition) is 3. The van der Waals surface area contributed by atoms with Crippen molar-refractivity contribution in [2.75, 3.05) is 0 Å². The molecule has 6 rings (SSSR count). The molecule has 1 atom stereocenters. The van der Waals surface area contributed by atoms with Crippen LogP contribution < -0.4 is 10.0 Å². The quantitative estimate of drug-likeness (QED) is 0.560. The van der Waals surface area contributed by atoms with Gasteiger partial charge in [-0.1, -0.05) is 30.1 Å². The van der Waals surface area contributed by atoms with Gasteiger partial charge in [0.05, 0.1) is 15.6 Å². The molecule has 0 aromatic heterocycles. The first-order valence-corrected chi connectivity index (χ1v) is 13.8. The van der Waals surface area contributed by atoms with Crippen LogP contribution >= 0.6 is 23.2 Å². The number of amides is 1. The third-order valence-corrected chi connectivity index (χ3v) is 10.3. The lowest BCUT2D eigenvalue weighted by Crippen LogP contribution is -2.56. The zero-order valence-corrected chi connectivity index (χ0v) is 20.1. The van der Waals surface area contributed by atoms with Gasteiger partial charge in [0.1, 0.15) is 4.90 Å². The Morgan fingerprint density at radius 1 is 1.06 bits per heavy atom. The average molecular weight is 485 g/mol. The topological polar surface area (TPSA) is 75.3 Å². The average Bonchev–Trinajstić information content (AvgIpc) is 3.47. The highest BCUT2D eigenvalue weighted by Gasteiger charge is 2.54. The van der Waals surface area contributed by atoms with Crippen LogP contribution in [0, 0.1) is 23.2 Å². The van der Waals surface area contributed by atoms with E-state index in [2.05, 4.69) is 17.0 Å². The maximum Gasteiger partial charge on any atom is 0.253 e. The van der Waals surface area contributed by atoms with Crippen molar-refractivity contribution in [3.8, 4) is 0 Å². The second-order valence-electron chi connectivity index (χ2n) is 10.4. The van der Waals surface area contributed by atoms with Crippen LogP contribution in [0.15, 0.2) is 17.0 Å². The highest BCUT2D eigenvalue weighted by atomic mass is 35.5. The van der Waals surface area contributed by atoms with E-state index >= 15 is 0 Å². The molecular formula is C23H30Cl2N2O3S. The van der Waals surface area contributed by atoms with E-state index in [-0.39, 0.29) is 43.9 Å². The van der Waals surface area contributed by atoms with Crippen molar-refractivity contribution in [2.24, 2.45) is 23.2 Å². The van der Waals surface area contributed by atoms with Gasteiger partial charge in [0.25, 0.3) is 5.91 Å². The molecule has 0 saturated heterocycles. The van der Waals surface area contributed by atoms with Crippen molar-refractivity contribution in [1.29, 1.82) is 0 Å². The second kappa shape index (κ2) is 7.89. The van der Waals surface area contributed by atoms with Crippen molar-refractivity contribution in [2.45, 2.75) is 81.7 Å². The number of sulfonamides is 1. The van der Waals surface area contributed by atoms with Gasteiger partial charge < -0.3 is 5.32 Å². The predicted octanol–water partition coefficient (Wildman–Crippen LogP) is 5.16. The van der Waals surface area contributed by atoms with Crippen LogP contribution in [0.25, 0.3) is 0 Å². The molecule has 0 unspecified atom stereocenters. The molecule has 1 amide bonds. The minimum Gasteiger partial charge on any atom is -0.349 e. The largest absolute Gasteiger partial charge is 0.349 e. The number of nitrogens with one attached hydrogen (secondary N) is 2. The van der Waals surface area contributed by atoms with Crippen molar-refractivity contribution < 1.29 is 13.2 Å². The zero-order valence-electron chi connectivity index (χ0n) is 17.8. The summed E-state index contributed by atoms with van der Waals surface area (Å²) in [7, 11) is -3.79. The molecule has 0 heterocycles. The highest BCUT2D eigenvalue weighted by Crippen LogP contribution is 2.61. The number of rotatable bonds is 7. The van der Waals surface area contributed by atoms with Crippen molar-refractivity contribution in [1.82, 2.24) is 10.0 Å². The molecule has 5 aliphatic rings. The minimum atomic E-state index is -3.79. The molecule has 2 N–H and O–H groups in total. The van der Waals surface area contributed by atoms with Crippen molar-refractivity contribution >= 4 is 39.1 Å². The molecule has 5 saturated carbocycles. The summed E-state index contributed by atoms with van der Waals surface area (Å²) in [6, 6.07) is 2.72. The Morgan fingerprint density at radius 3 is 2.16 bits per heavy atom. The molecule has 5 fully saturated rings. The Balaban J connectivity index is 1.40. The summed E-state index contributed by atoms with van der Waals surface area (Å²) in [6.07, 6.45) is 10.1. The maximum atomic E-state index is 13.3. The first-order valence-electron chi connectivity index (χ1n) is 11.5. The third kappa shape index (κ3) is 4.14. The maximum absolute atomic E-state index is 13.3. The molecule has 8 heteroatoms. The normalized spacial score (nSPS) is 32.8. The Hall–Kier alpha value is -0.820. The summed E-state index contributed by atoms with van der Waals surface area (Å²) in [5.74, 6) is 2.07. The van der Waals surface area contributed by atoms with Crippen LogP contribution in [0.1, 0.15) is 75.1 Å². The van der Waals surface area contributed by atoms with E-state index in [4.69, 9.17) is 23.2 Å². The molecule has 1 aromatic rings. The Labute approximate surface area is 194 Å². The van der Waals surface area contributed by atoms with E-state index in [1.54, 1.807) is 0 Å². The van der Waals surface area contributed by atoms with Crippen LogP contribution in [-0.2, 0) is 10.0 Å². The standard InChI is InChI=1S/C23H30Cl2N2O3S/c1-2-21(23-10-13-5-14(11-23)7-15(6-13)12-23)26-22(28)17-8-20(19(25)9-18(17)24)31(29,30)27-16-3-4-16/h8-9,13-16,21,27H,2-7,10-12H2,1H3,(H,26,28)/t13?,14?,15?,21-,23?/m1/s1. The summed E-state index contributed by atoms with van der Waals surface area (Å²) in [6.45, 7) is 2.13. The number of hydrogen-bond donors (Lipinski definition) is 2. The summed E-state index contributed by atoms with van der Waals surface area (Å²) in [4.78, 5) is 13.2. The van der Waals surface area contributed by atoms with Gasteiger partial charge in [0.2, 0.25) is 10.0 Å². The molecule has 4 bridgehead atoms. The van der Waals surface area contributed by atoms with E-state index in [9.17, 15) is 13.2 Å². The molecule has 170 valence electrons. The lowest BCUT2D eigenvalue weighted by atomic mass is 9.47. The van der Waals surface area contributed by atoms with Crippen LogP contribution in [0.2, 0.25) is 10.0 Å². The van der Waals surface area contributed by atoms with E-state index in [0.29, 0.717) is 0 Å². The monoisotopic (exact) mass is 484 g/mol. The molecular weight excluding hydrogens is 455 g/mol. The smallest absolute Gasteiger partial charge is 0.253 e. The first kappa shape index (κ1) is 22.0. The number of carbonyl (C=O) groups excluding carboxylic acids is 1. The molecule has 5 nitrogen and oxygen atoms in total. The molecule has 5 aliphatic carbocycles. The fourth-order valence-electron chi connectivity index (χ4n) is 6.92. The van der Waals surface area contributed by atoms with E-state index in [0.717, 1.165) is 37.0 Å². The molecule has 1 aromatic carbocycles. The second-order valence-corrected chi connectivity index (χ2v) is 12.9. The van der Waals surface area contributed by atoms with Crippen molar-refractivity contribution in [3.05, 3.63) is 27.7 Å². The zero-order chi connectivity index (χ0) is 22.0. The van der Waals surface area contributed by atoms with Gasteiger partial charge in [0, 0.05) is 12.1 Å². The minimum absolute atomic E-state index is 0.0304. The van der Waals surface area contributed by atoms with E-state index in [1.807, 2.05) is 0 Å². The fraction of sp³-hybridized carbons (Fsp3) is 0.696. The van der Waals surface area contributed by atoms with Gasteiger partial charge in [-0.05, 0) is 93.1 Å². The Morgan fingerprint density at radius 2 is 1.65 bits per heavy atom. The summed E-state index contributed by atoms with van der Waals surface area (Å²) < 4.78 is 28.1.